The van der Waals surface area contributed by atoms with Crippen LogP contribution in [0.1, 0.15) is 13.0 Å². The second-order valence-corrected chi connectivity index (χ2v) is 4.03. The Labute approximate surface area is 105 Å². The molecular formula is C13H15N3O2. The lowest BCUT2D eigenvalue weighted by molar-refractivity contribution is -0.144. The van der Waals surface area contributed by atoms with Crippen molar-refractivity contribution in [1.29, 1.82) is 0 Å². The quantitative estimate of drug-likeness (QED) is 0.662. The van der Waals surface area contributed by atoms with Gasteiger partial charge in [0.25, 0.3) is 0 Å². The number of nitrogens with zero attached hydrogens (tertiary/aromatic N) is 2. The van der Waals surface area contributed by atoms with Crippen molar-refractivity contribution in [2.75, 3.05) is 12.8 Å². The van der Waals surface area contributed by atoms with Gasteiger partial charge in [-0.2, -0.15) is 5.10 Å². The van der Waals surface area contributed by atoms with E-state index in [4.69, 9.17) is 5.73 Å². The number of hydrogen-bond donors (Lipinski definition) is 1. The molecule has 2 aromatic rings. The Morgan fingerprint density at radius 2 is 2.00 bits per heavy atom. The van der Waals surface area contributed by atoms with Crippen LogP contribution in [0.5, 0.6) is 0 Å². The molecular weight excluding hydrogens is 230 g/mol. The average molecular weight is 245 g/mol. The summed E-state index contributed by atoms with van der Waals surface area (Å²) < 4.78 is 6.26. The second-order valence-electron chi connectivity index (χ2n) is 4.03. The van der Waals surface area contributed by atoms with Gasteiger partial charge in [0, 0.05) is 17.4 Å². The Morgan fingerprint density at radius 3 is 2.61 bits per heavy atom. The van der Waals surface area contributed by atoms with Gasteiger partial charge in [-0.15, -0.1) is 0 Å². The van der Waals surface area contributed by atoms with E-state index in [-0.39, 0.29) is 5.97 Å². The number of hydrogen-bond acceptors (Lipinski definition) is 4. The Morgan fingerprint density at radius 1 is 1.33 bits per heavy atom. The van der Waals surface area contributed by atoms with E-state index in [1.807, 2.05) is 30.5 Å². The summed E-state index contributed by atoms with van der Waals surface area (Å²) in [5.74, 6) is -0.318. The highest BCUT2D eigenvalue weighted by atomic mass is 16.5. The maximum atomic E-state index is 11.4. The minimum Gasteiger partial charge on any atom is -0.467 e. The smallest absolute Gasteiger partial charge is 0.330 e. The molecule has 0 saturated heterocycles. The summed E-state index contributed by atoms with van der Waals surface area (Å²) in [5.41, 5.74) is 8.29. The molecule has 0 bridgehead atoms. The monoisotopic (exact) mass is 245 g/mol. The number of esters is 1. The fraction of sp³-hybridized carbons (Fsp3) is 0.231. The highest BCUT2D eigenvalue weighted by Gasteiger charge is 2.16. The maximum absolute atomic E-state index is 11.4. The molecule has 0 spiro atoms. The molecule has 1 heterocycles. The van der Waals surface area contributed by atoms with Gasteiger partial charge in [-0.3, -0.25) is 4.68 Å². The highest BCUT2D eigenvalue weighted by molar-refractivity contribution is 5.74. The molecule has 0 saturated carbocycles. The Hall–Kier alpha value is -2.30. The number of benzene rings is 1. The third-order valence-electron chi connectivity index (χ3n) is 2.78. The van der Waals surface area contributed by atoms with E-state index in [0.717, 1.165) is 11.1 Å². The second kappa shape index (κ2) is 4.91. The number of ether oxygens (including phenoxy) is 1. The highest BCUT2D eigenvalue weighted by Crippen LogP contribution is 2.21. The number of rotatable bonds is 3. The van der Waals surface area contributed by atoms with Gasteiger partial charge in [0.15, 0.2) is 0 Å². The molecule has 0 fully saturated rings. The summed E-state index contributed by atoms with van der Waals surface area (Å²) in [7, 11) is 1.36. The largest absolute Gasteiger partial charge is 0.467 e. The molecule has 2 rings (SSSR count). The molecule has 1 aromatic heterocycles. The van der Waals surface area contributed by atoms with Crippen molar-refractivity contribution < 1.29 is 9.53 Å². The fourth-order valence-corrected chi connectivity index (χ4v) is 1.65. The molecule has 1 unspecified atom stereocenters. The molecule has 0 radical (unpaired) electrons. The molecule has 0 aliphatic heterocycles. The molecule has 2 N–H and O–H groups in total. The van der Waals surface area contributed by atoms with E-state index in [9.17, 15) is 4.79 Å². The standard InChI is InChI=1S/C13H15N3O2/c1-9(13(17)18-2)16-8-11(7-15-16)10-3-5-12(14)6-4-10/h3-9H,14H2,1-2H3. The van der Waals surface area contributed by atoms with E-state index in [1.54, 1.807) is 17.8 Å². The zero-order valence-electron chi connectivity index (χ0n) is 10.3. The van der Waals surface area contributed by atoms with Crippen LogP contribution in [0.3, 0.4) is 0 Å². The van der Waals surface area contributed by atoms with Crippen LogP contribution < -0.4 is 5.73 Å². The van der Waals surface area contributed by atoms with Crippen LogP contribution in [0, 0.1) is 0 Å². The van der Waals surface area contributed by atoms with Crippen LogP contribution in [0.25, 0.3) is 11.1 Å². The number of methoxy groups -OCH3 is 1. The number of anilines is 1. The van der Waals surface area contributed by atoms with Crippen LogP contribution in [0.15, 0.2) is 36.7 Å². The van der Waals surface area contributed by atoms with Crippen molar-refractivity contribution in [2.45, 2.75) is 13.0 Å². The number of carbonyl (C=O) groups is 1. The number of nitrogen functional groups attached to an aromatic ring is 1. The molecule has 0 amide bonds. The first kappa shape index (κ1) is 12.2. The summed E-state index contributed by atoms with van der Waals surface area (Å²) in [4.78, 5) is 11.4. The van der Waals surface area contributed by atoms with Crippen LogP contribution in [-0.4, -0.2) is 22.9 Å². The minimum atomic E-state index is -0.433. The molecule has 0 aliphatic carbocycles. The molecule has 0 aliphatic rings. The Balaban J connectivity index is 2.25. The summed E-state index contributed by atoms with van der Waals surface area (Å²) in [6.07, 6.45) is 3.53. The molecule has 5 nitrogen and oxygen atoms in total. The maximum Gasteiger partial charge on any atom is 0.330 e. The van der Waals surface area contributed by atoms with Crippen molar-refractivity contribution in [2.24, 2.45) is 0 Å². The van der Waals surface area contributed by atoms with Crippen molar-refractivity contribution in [3.63, 3.8) is 0 Å². The van der Waals surface area contributed by atoms with Crippen molar-refractivity contribution >= 4 is 11.7 Å². The van der Waals surface area contributed by atoms with Gasteiger partial charge in [-0.05, 0) is 24.6 Å². The third kappa shape index (κ3) is 2.34. The first-order valence-corrected chi connectivity index (χ1v) is 5.59. The van der Waals surface area contributed by atoms with Gasteiger partial charge < -0.3 is 10.5 Å². The third-order valence-corrected chi connectivity index (χ3v) is 2.78. The summed E-state index contributed by atoms with van der Waals surface area (Å²) >= 11 is 0. The minimum absolute atomic E-state index is 0.318. The molecule has 1 aromatic carbocycles. The normalized spacial score (nSPS) is 12.1. The van der Waals surface area contributed by atoms with Crippen LogP contribution in [0.4, 0.5) is 5.69 Å². The molecule has 94 valence electrons. The van der Waals surface area contributed by atoms with E-state index in [0.29, 0.717) is 5.69 Å². The average Bonchev–Trinajstić information content (AvgIpc) is 2.87. The first-order valence-electron chi connectivity index (χ1n) is 5.59. The number of nitrogens with two attached hydrogens (primary N) is 1. The Bertz CT molecular complexity index is 546. The predicted molar refractivity (Wildman–Crippen MR) is 68.8 cm³/mol. The summed E-state index contributed by atoms with van der Waals surface area (Å²) in [6, 6.07) is 7.06. The zero-order valence-corrected chi connectivity index (χ0v) is 10.3. The zero-order chi connectivity index (χ0) is 13.1. The van der Waals surface area contributed by atoms with Crippen molar-refractivity contribution in [3.05, 3.63) is 36.7 Å². The van der Waals surface area contributed by atoms with Crippen LogP contribution >= 0.6 is 0 Å². The Kier molecular flexibility index (Phi) is 3.32. The van der Waals surface area contributed by atoms with Gasteiger partial charge in [0.1, 0.15) is 6.04 Å². The van der Waals surface area contributed by atoms with E-state index in [2.05, 4.69) is 9.84 Å². The van der Waals surface area contributed by atoms with E-state index < -0.39 is 6.04 Å². The first-order chi connectivity index (χ1) is 8.61. The number of carbonyl (C=O) groups excluding carboxylic acids is 1. The van der Waals surface area contributed by atoms with Gasteiger partial charge in [0.2, 0.25) is 0 Å². The molecule has 18 heavy (non-hydrogen) atoms. The van der Waals surface area contributed by atoms with Crippen LogP contribution in [-0.2, 0) is 9.53 Å². The topological polar surface area (TPSA) is 70.1 Å². The lowest BCUT2D eigenvalue weighted by Gasteiger charge is -2.08. The number of aromatic nitrogens is 2. The van der Waals surface area contributed by atoms with Gasteiger partial charge >= 0.3 is 5.97 Å². The fourth-order valence-electron chi connectivity index (χ4n) is 1.65. The molecule has 5 heteroatoms. The van der Waals surface area contributed by atoms with Gasteiger partial charge in [-0.1, -0.05) is 12.1 Å². The molecule has 1 atom stereocenters. The lowest BCUT2D eigenvalue weighted by Crippen LogP contribution is -2.17. The summed E-state index contributed by atoms with van der Waals surface area (Å²) in [5, 5.41) is 4.17. The lowest BCUT2D eigenvalue weighted by atomic mass is 10.1. The van der Waals surface area contributed by atoms with Crippen molar-refractivity contribution in [1.82, 2.24) is 9.78 Å². The van der Waals surface area contributed by atoms with E-state index >= 15 is 0 Å². The van der Waals surface area contributed by atoms with Gasteiger partial charge in [-0.25, -0.2) is 4.79 Å². The predicted octanol–water partition coefficient (Wildman–Crippen LogP) is 1.87. The SMILES string of the molecule is COC(=O)C(C)n1cc(-c2ccc(N)cc2)cn1. The van der Waals surface area contributed by atoms with Crippen molar-refractivity contribution in [3.8, 4) is 11.1 Å². The van der Waals surface area contributed by atoms with Gasteiger partial charge in [0.05, 0.1) is 13.3 Å². The van der Waals surface area contributed by atoms with Crippen LogP contribution in [0.2, 0.25) is 0 Å². The summed E-state index contributed by atoms with van der Waals surface area (Å²) in [6.45, 7) is 1.74. The van der Waals surface area contributed by atoms with E-state index in [1.165, 1.54) is 7.11 Å².